The fraction of sp³-hybridized carbons (Fsp3) is 0.231. The molecule has 7 heteroatoms. The number of aliphatic carboxylic acids is 1. The summed E-state index contributed by atoms with van der Waals surface area (Å²) < 4.78 is 3.80. The molecule has 1 aliphatic heterocycles. The summed E-state index contributed by atoms with van der Waals surface area (Å²) in [6.45, 7) is 0.228. The van der Waals surface area contributed by atoms with Crippen LogP contribution in [0.2, 0.25) is 0 Å². The molecular formula is C13H11N3O3S. The Balaban J connectivity index is 1.82. The molecule has 3 rings (SSSR count). The molecule has 1 saturated heterocycles. The third kappa shape index (κ3) is 2.27. The normalized spacial score (nSPS) is 18.5. The van der Waals surface area contributed by atoms with Crippen LogP contribution in [0.5, 0.6) is 0 Å². The molecule has 1 aromatic carbocycles. The average molecular weight is 289 g/mol. The lowest BCUT2D eigenvalue weighted by molar-refractivity contribution is -0.141. The van der Waals surface area contributed by atoms with Crippen molar-refractivity contribution in [1.29, 1.82) is 0 Å². The number of rotatable bonds is 3. The molecule has 1 aliphatic rings. The van der Waals surface area contributed by atoms with Crippen LogP contribution in [-0.2, 0) is 9.59 Å². The van der Waals surface area contributed by atoms with Gasteiger partial charge >= 0.3 is 5.97 Å². The summed E-state index contributed by atoms with van der Waals surface area (Å²) in [7, 11) is 0. The molecule has 0 saturated carbocycles. The van der Waals surface area contributed by atoms with Gasteiger partial charge in [-0.05, 0) is 23.7 Å². The lowest BCUT2D eigenvalue weighted by Crippen LogP contribution is -2.25. The highest BCUT2D eigenvalue weighted by Gasteiger charge is 2.34. The first-order valence-corrected chi connectivity index (χ1v) is 6.89. The zero-order valence-electron chi connectivity index (χ0n) is 10.4. The second-order valence-corrected chi connectivity index (χ2v) is 5.19. The van der Waals surface area contributed by atoms with Gasteiger partial charge in [-0.15, -0.1) is 5.10 Å². The third-order valence-electron chi connectivity index (χ3n) is 3.31. The second-order valence-electron chi connectivity index (χ2n) is 4.58. The molecule has 1 aromatic heterocycles. The number of hydrogen-bond donors (Lipinski definition) is 1. The number of amides is 1. The molecule has 20 heavy (non-hydrogen) atoms. The van der Waals surface area contributed by atoms with Gasteiger partial charge in [-0.25, -0.2) is 0 Å². The maximum absolute atomic E-state index is 11.8. The Kier molecular flexibility index (Phi) is 3.19. The summed E-state index contributed by atoms with van der Waals surface area (Å²) in [5.41, 5.74) is 2.42. The predicted molar refractivity (Wildman–Crippen MR) is 73.4 cm³/mol. The molecule has 1 N–H and O–H groups in total. The number of nitrogens with zero attached hydrogens (tertiary/aromatic N) is 3. The minimum absolute atomic E-state index is 0.0626. The zero-order valence-corrected chi connectivity index (χ0v) is 11.2. The summed E-state index contributed by atoms with van der Waals surface area (Å²) in [4.78, 5) is 24.3. The molecule has 1 unspecified atom stereocenters. The Morgan fingerprint density at radius 1 is 1.35 bits per heavy atom. The summed E-state index contributed by atoms with van der Waals surface area (Å²) in [5.74, 6) is -1.70. The quantitative estimate of drug-likeness (QED) is 0.928. The van der Waals surface area contributed by atoms with E-state index in [0.29, 0.717) is 5.69 Å². The van der Waals surface area contributed by atoms with E-state index in [-0.39, 0.29) is 18.9 Å². The minimum Gasteiger partial charge on any atom is -0.481 e. The van der Waals surface area contributed by atoms with E-state index in [4.69, 9.17) is 5.11 Å². The molecular weight excluding hydrogens is 278 g/mol. The van der Waals surface area contributed by atoms with Crippen LogP contribution in [-0.4, -0.2) is 33.1 Å². The van der Waals surface area contributed by atoms with Gasteiger partial charge in [0, 0.05) is 29.6 Å². The molecule has 6 nitrogen and oxygen atoms in total. The molecule has 1 atom stereocenters. The molecule has 2 aromatic rings. The Bertz CT molecular complexity index is 639. The number of hydrogen-bond acceptors (Lipinski definition) is 5. The van der Waals surface area contributed by atoms with E-state index in [1.807, 2.05) is 17.5 Å². The smallest absolute Gasteiger partial charge is 0.308 e. The number of anilines is 1. The minimum atomic E-state index is -0.925. The number of carboxylic acid groups (broad SMARTS) is 1. The highest BCUT2D eigenvalue weighted by atomic mass is 32.1. The van der Waals surface area contributed by atoms with Gasteiger partial charge in [0.25, 0.3) is 0 Å². The van der Waals surface area contributed by atoms with Crippen molar-refractivity contribution >= 4 is 29.1 Å². The number of benzene rings is 1. The second kappa shape index (κ2) is 5.01. The Labute approximate surface area is 118 Å². The summed E-state index contributed by atoms with van der Waals surface area (Å²) in [5, 5.41) is 14.8. The van der Waals surface area contributed by atoms with Gasteiger partial charge in [0.2, 0.25) is 5.91 Å². The van der Waals surface area contributed by atoms with Crippen molar-refractivity contribution in [3.8, 4) is 11.3 Å². The molecule has 1 amide bonds. The fourth-order valence-electron chi connectivity index (χ4n) is 2.23. The van der Waals surface area contributed by atoms with Gasteiger partial charge < -0.3 is 10.0 Å². The predicted octanol–water partition coefficient (Wildman–Crippen LogP) is 1.64. The van der Waals surface area contributed by atoms with Crippen molar-refractivity contribution in [2.24, 2.45) is 5.92 Å². The lowest BCUT2D eigenvalue weighted by Gasteiger charge is -2.16. The highest BCUT2D eigenvalue weighted by molar-refractivity contribution is 7.03. The van der Waals surface area contributed by atoms with Crippen molar-refractivity contribution in [1.82, 2.24) is 9.59 Å². The lowest BCUT2D eigenvalue weighted by atomic mass is 10.1. The highest BCUT2D eigenvalue weighted by Crippen LogP contribution is 2.27. The van der Waals surface area contributed by atoms with Crippen molar-refractivity contribution in [2.45, 2.75) is 6.42 Å². The molecule has 0 aliphatic carbocycles. The SMILES string of the molecule is O=C(O)C1CC(=O)N(c2ccc(-c3csnn3)cc2)C1. The Morgan fingerprint density at radius 3 is 2.65 bits per heavy atom. The van der Waals surface area contributed by atoms with Gasteiger partial charge in [0.15, 0.2) is 0 Å². The topological polar surface area (TPSA) is 83.4 Å². The van der Waals surface area contributed by atoms with E-state index in [1.165, 1.54) is 16.4 Å². The van der Waals surface area contributed by atoms with Crippen molar-refractivity contribution in [3.63, 3.8) is 0 Å². The van der Waals surface area contributed by atoms with Gasteiger partial charge in [0.1, 0.15) is 5.69 Å². The van der Waals surface area contributed by atoms with E-state index < -0.39 is 11.9 Å². The first kappa shape index (κ1) is 12.7. The number of carbonyl (C=O) groups is 2. The van der Waals surface area contributed by atoms with Gasteiger partial charge in [0.05, 0.1) is 5.92 Å². The standard InChI is InChI=1S/C13H11N3O3S/c17-12-5-9(13(18)19)6-16(12)10-3-1-8(2-4-10)11-7-20-15-14-11/h1-4,7,9H,5-6H2,(H,18,19). The van der Waals surface area contributed by atoms with Crippen molar-refractivity contribution in [2.75, 3.05) is 11.4 Å². The number of carbonyl (C=O) groups excluding carboxylic acids is 1. The number of carboxylic acids is 1. The van der Waals surface area contributed by atoms with Crippen LogP contribution >= 0.6 is 11.5 Å². The van der Waals surface area contributed by atoms with Crippen LogP contribution in [0.15, 0.2) is 29.6 Å². The van der Waals surface area contributed by atoms with E-state index >= 15 is 0 Å². The fourth-order valence-corrected chi connectivity index (χ4v) is 2.69. The Morgan fingerprint density at radius 2 is 2.10 bits per heavy atom. The molecule has 0 radical (unpaired) electrons. The summed E-state index contributed by atoms with van der Waals surface area (Å²) >= 11 is 1.28. The monoisotopic (exact) mass is 289 g/mol. The molecule has 102 valence electrons. The maximum Gasteiger partial charge on any atom is 0.308 e. The van der Waals surface area contributed by atoms with E-state index in [2.05, 4.69) is 9.59 Å². The average Bonchev–Trinajstić information content (AvgIpc) is 3.08. The van der Waals surface area contributed by atoms with Gasteiger partial charge in [-0.2, -0.15) is 0 Å². The summed E-state index contributed by atoms with van der Waals surface area (Å²) in [6.07, 6.45) is 0.0626. The first-order valence-electron chi connectivity index (χ1n) is 6.06. The van der Waals surface area contributed by atoms with Crippen LogP contribution in [0.4, 0.5) is 5.69 Å². The van der Waals surface area contributed by atoms with E-state index in [0.717, 1.165) is 11.3 Å². The molecule has 1 fully saturated rings. The molecule has 2 heterocycles. The third-order valence-corrected chi connectivity index (χ3v) is 3.81. The van der Waals surface area contributed by atoms with Crippen LogP contribution in [0, 0.1) is 5.92 Å². The van der Waals surface area contributed by atoms with Gasteiger partial charge in [-0.1, -0.05) is 16.6 Å². The Hall–Kier alpha value is -2.28. The summed E-state index contributed by atoms with van der Waals surface area (Å²) in [6, 6.07) is 7.31. The van der Waals surface area contributed by atoms with Crippen molar-refractivity contribution in [3.05, 3.63) is 29.6 Å². The largest absolute Gasteiger partial charge is 0.481 e. The van der Waals surface area contributed by atoms with Crippen LogP contribution in [0.3, 0.4) is 0 Å². The van der Waals surface area contributed by atoms with Crippen molar-refractivity contribution < 1.29 is 14.7 Å². The van der Waals surface area contributed by atoms with Crippen LogP contribution in [0.1, 0.15) is 6.42 Å². The van der Waals surface area contributed by atoms with E-state index in [9.17, 15) is 9.59 Å². The van der Waals surface area contributed by atoms with Gasteiger partial charge in [-0.3, -0.25) is 9.59 Å². The van der Waals surface area contributed by atoms with E-state index in [1.54, 1.807) is 12.1 Å². The first-order chi connectivity index (χ1) is 9.65. The number of aromatic nitrogens is 2. The van der Waals surface area contributed by atoms with Crippen LogP contribution < -0.4 is 4.90 Å². The molecule has 0 spiro atoms. The molecule has 0 bridgehead atoms. The van der Waals surface area contributed by atoms with Crippen LogP contribution in [0.25, 0.3) is 11.3 Å². The zero-order chi connectivity index (χ0) is 14.1. The maximum atomic E-state index is 11.8.